The van der Waals surface area contributed by atoms with Crippen LogP contribution in [0.3, 0.4) is 0 Å². The van der Waals surface area contributed by atoms with Crippen molar-refractivity contribution in [3.8, 4) is 11.3 Å². The number of halogens is 2. The van der Waals surface area contributed by atoms with Crippen LogP contribution in [-0.4, -0.2) is 6.54 Å². The predicted molar refractivity (Wildman–Crippen MR) is 75.8 cm³/mol. The molecule has 1 aromatic carbocycles. The fraction of sp³-hybridized carbons (Fsp3) is 0.333. The van der Waals surface area contributed by atoms with Gasteiger partial charge in [-0.1, -0.05) is 25.4 Å². The molecule has 4 heteroatoms. The van der Waals surface area contributed by atoms with Crippen molar-refractivity contribution in [3.63, 3.8) is 0 Å². The molecule has 1 aromatic heterocycles. The summed E-state index contributed by atoms with van der Waals surface area (Å²) in [5.74, 6) is 1.13. The molecule has 2 aromatic rings. The molecular weight excluding hydrogens is 265 g/mol. The summed E-state index contributed by atoms with van der Waals surface area (Å²) in [6.07, 6.45) is 0.935. The molecule has 1 N–H and O–H groups in total. The van der Waals surface area contributed by atoms with E-state index >= 15 is 0 Å². The standard InChI is InChI=1S/C15H17ClFNO/c1-3-13(18-4-2)15-6-5-14(19-15)10-7-11(16)9-12(17)8-10/h5-9,13,18H,3-4H2,1-2H3. The van der Waals surface area contributed by atoms with Gasteiger partial charge in [-0.3, -0.25) is 0 Å². The highest BCUT2D eigenvalue weighted by Gasteiger charge is 2.14. The van der Waals surface area contributed by atoms with E-state index in [9.17, 15) is 4.39 Å². The molecule has 1 heterocycles. The second-order valence-corrected chi connectivity index (χ2v) is 4.82. The Kier molecular flexibility index (Phi) is 4.61. The lowest BCUT2D eigenvalue weighted by Crippen LogP contribution is -2.19. The van der Waals surface area contributed by atoms with Gasteiger partial charge >= 0.3 is 0 Å². The molecule has 2 nitrogen and oxygen atoms in total. The molecule has 0 saturated heterocycles. The maximum absolute atomic E-state index is 13.3. The lowest BCUT2D eigenvalue weighted by molar-refractivity contribution is 0.417. The minimum atomic E-state index is -0.362. The van der Waals surface area contributed by atoms with Crippen molar-refractivity contribution in [3.05, 3.63) is 46.9 Å². The van der Waals surface area contributed by atoms with Gasteiger partial charge in [-0.05, 0) is 43.3 Å². The van der Waals surface area contributed by atoms with Gasteiger partial charge in [0.2, 0.25) is 0 Å². The van der Waals surface area contributed by atoms with Crippen molar-refractivity contribution >= 4 is 11.6 Å². The third kappa shape index (κ3) is 3.37. The molecule has 0 spiro atoms. The van der Waals surface area contributed by atoms with Gasteiger partial charge in [0, 0.05) is 10.6 Å². The van der Waals surface area contributed by atoms with E-state index in [0.717, 1.165) is 18.7 Å². The van der Waals surface area contributed by atoms with E-state index < -0.39 is 0 Å². The zero-order valence-electron chi connectivity index (χ0n) is 11.0. The maximum atomic E-state index is 13.3. The van der Waals surface area contributed by atoms with Crippen molar-refractivity contribution < 1.29 is 8.81 Å². The molecule has 1 atom stereocenters. The van der Waals surface area contributed by atoms with Crippen LogP contribution in [0.5, 0.6) is 0 Å². The van der Waals surface area contributed by atoms with Gasteiger partial charge in [0.1, 0.15) is 17.3 Å². The third-order valence-electron chi connectivity index (χ3n) is 2.98. The fourth-order valence-electron chi connectivity index (χ4n) is 2.08. The molecule has 0 radical (unpaired) electrons. The number of nitrogens with one attached hydrogen (secondary N) is 1. The van der Waals surface area contributed by atoms with E-state index in [4.69, 9.17) is 16.0 Å². The topological polar surface area (TPSA) is 25.2 Å². The van der Waals surface area contributed by atoms with E-state index in [2.05, 4.69) is 19.2 Å². The number of hydrogen-bond donors (Lipinski definition) is 1. The zero-order chi connectivity index (χ0) is 13.8. The van der Waals surface area contributed by atoms with Crippen molar-refractivity contribution in [1.29, 1.82) is 0 Å². The highest BCUT2D eigenvalue weighted by molar-refractivity contribution is 6.30. The average Bonchev–Trinajstić information content (AvgIpc) is 2.84. The van der Waals surface area contributed by atoms with E-state index in [1.165, 1.54) is 12.1 Å². The van der Waals surface area contributed by atoms with E-state index in [1.54, 1.807) is 6.07 Å². The van der Waals surface area contributed by atoms with Crippen LogP contribution in [0.2, 0.25) is 5.02 Å². The molecular formula is C15H17ClFNO. The van der Waals surface area contributed by atoms with Crippen LogP contribution in [0.1, 0.15) is 32.1 Å². The molecule has 0 aliphatic heterocycles. The summed E-state index contributed by atoms with van der Waals surface area (Å²) in [7, 11) is 0. The van der Waals surface area contributed by atoms with Crippen LogP contribution in [0.15, 0.2) is 34.7 Å². The first-order chi connectivity index (χ1) is 9.13. The van der Waals surface area contributed by atoms with Crippen LogP contribution in [-0.2, 0) is 0 Å². The Hall–Kier alpha value is -1.32. The molecule has 102 valence electrons. The molecule has 0 aliphatic rings. The second kappa shape index (κ2) is 6.22. The molecule has 0 amide bonds. The van der Waals surface area contributed by atoms with Crippen LogP contribution >= 0.6 is 11.6 Å². The Balaban J connectivity index is 2.29. The molecule has 0 bridgehead atoms. The highest BCUT2D eigenvalue weighted by atomic mass is 35.5. The summed E-state index contributed by atoms with van der Waals surface area (Å²) < 4.78 is 19.1. The SMILES string of the molecule is CCNC(CC)c1ccc(-c2cc(F)cc(Cl)c2)o1. The van der Waals surface area contributed by atoms with Crippen molar-refractivity contribution in [2.75, 3.05) is 6.54 Å². The Morgan fingerprint density at radius 2 is 2.05 bits per heavy atom. The molecule has 2 rings (SSSR count). The monoisotopic (exact) mass is 281 g/mol. The van der Waals surface area contributed by atoms with E-state index in [-0.39, 0.29) is 11.9 Å². The first-order valence-electron chi connectivity index (χ1n) is 6.43. The van der Waals surface area contributed by atoms with Crippen molar-refractivity contribution in [2.24, 2.45) is 0 Å². The summed E-state index contributed by atoms with van der Waals surface area (Å²) in [6, 6.07) is 8.35. The average molecular weight is 282 g/mol. The predicted octanol–water partition coefficient (Wildman–Crippen LogP) is 4.80. The molecule has 1 unspecified atom stereocenters. The number of hydrogen-bond acceptors (Lipinski definition) is 2. The van der Waals surface area contributed by atoms with Gasteiger partial charge in [-0.2, -0.15) is 0 Å². The summed E-state index contributed by atoms with van der Waals surface area (Å²) in [6.45, 7) is 5.02. The zero-order valence-corrected chi connectivity index (χ0v) is 11.8. The first kappa shape index (κ1) is 14.1. The second-order valence-electron chi connectivity index (χ2n) is 4.38. The summed E-state index contributed by atoms with van der Waals surface area (Å²) in [4.78, 5) is 0. The van der Waals surface area contributed by atoms with E-state index in [1.807, 2.05) is 12.1 Å². The number of furan rings is 1. The first-order valence-corrected chi connectivity index (χ1v) is 6.81. The molecule has 0 saturated carbocycles. The van der Waals surface area contributed by atoms with Crippen LogP contribution in [0.25, 0.3) is 11.3 Å². The van der Waals surface area contributed by atoms with Gasteiger partial charge < -0.3 is 9.73 Å². The number of rotatable bonds is 5. The Bertz CT molecular complexity index is 533. The van der Waals surface area contributed by atoms with Crippen molar-refractivity contribution in [2.45, 2.75) is 26.3 Å². The van der Waals surface area contributed by atoms with Crippen LogP contribution in [0, 0.1) is 5.82 Å². The lowest BCUT2D eigenvalue weighted by Gasteiger charge is -2.12. The van der Waals surface area contributed by atoms with Gasteiger partial charge in [0.15, 0.2) is 0 Å². The maximum Gasteiger partial charge on any atom is 0.134 e. The molecule has 0 aliphatic carbocycles. The van der Waals surface area contributed by atoms with Gasteiger partial charge in [0.25, 0.3) is 0 Å². The normalized spacial score (nSPS) is 12.6. The lowest BCUT2D eigenvalue weighted by atomic mass is 10.1. The summed E-state index contributed by atoms with van der Waals surface area (Å²) >= 11 is 5.85. The third-order valence-corrected chi connectivity index (χ3v) is 3.19. The minimum absolute atomic E-state index is 0.183. The Morgan fingerprint density at radius 1 is 1.26 bits per heavy atom. The van der Waals surface area contributed by atoms with Crippen LogP contribution in [0.4, 0.5) is 4.39 Å². The quantitative estimate of drug-likeness (QED) is 0.851. The van der Waals surface area contributed by atoms with Gasteiger partial charge in [-0.15, -0.1) is 0 Å². The smallest absolute Gasteiger partial charge is 0.134 e. The van der Waals surface area contributed by atoms with E-state index in [0.29, 0.717) is 16.3 Å². The van der Waals surface area contributed by atoms with Gasteiger partial charge in [0.05, 0.1) is 6.04 Å². The highest BCUT2D eigenvalue weighted by Crippen LogP contribution is 2.29. The molecule has 19 heavy (non-hydrogen) atoms. The van der Waals surface area contributed by atoms with Gasteiger partial charge in [-0.25, -0.2) is 4.39 Å². The van der Waals surface area contributed by atoms with Crippen LogP contribution < -0.4 is 5.32 Å². The largest absolute Gasteiger partial charge is 0.459 e. The Labute approximate surface area is 117 Å². The summed E-state index contributed by atoms with van der Waals surface area (Å²) in [5, 5.41) is 3.71. The molecule has 0 fully saturated rings. The summed E-state index contributed by atoms with van der Waals surface area (Å²) in [5.41, 5.74) is 0.655. The van der Waals surface area contributed by atoms with Crippen molar-refractivity contribution in [1.82, 2.24) is 5.32 Å². The minimum Gasteiger partial charge on any atom is -0.459 e. The Morgan fingerprint density at radius 3 is 2.68 bits per heavy atom. The number of benzene rings is 1. The fourth-order valence-corrected chi connectivity index (χ4v) is 2.31.